The highest BCUT2D eigenvalue weighted by atomic mass is 127. The number of rotatable bonds is 9. The third-order valence-corrected chi connectivity index (χ3v) is 4.85. The minimum Gasteiger partial charge on any atom is -0.463 e. The number of nitrogens with zero attached hydrogens (tertiary/aromatic N) is 3. The summed E-state index contributed by atoms with van der Waals surface area (Å²) in [4.78, 5) is 8.88. The van der Waals surface area contributed by atoms with Gasteiger partial charge in [0.15, 0.2) is 11.8 Å². The van der Waals surface area contributed by atoms with Gasteiger partial charge in [-0.1, -0.05) is 24.2 Å². The van der Waals surface area contributed by atoms with Crippen LogP contribution >= 0.6 is 24.0 Å². The van der Waals surface area contributed by atoms with Gasteiger partial charge in [0, 0.05) is 25.1 Å². The number of hydrogen-bond acceptors (Lipinski definition) is 6. The van der Waals surface area contributed by atoms with Crippen LogP contribution < -0.4 is 10.6 Å². The van der Waals surface area contributed by atoms with E-state index in [1.54, 1.807) is 13.0 Å². The molecular weight excluding hydrogens is 521 g/mol. The van der Waals surface area contributed by atoms with E-state index in [1.807, 2.05) is 39.0 Å². The average Bonchev–Trinajstić information content (AvgIpc) is 3.42. The Morgan fingerprint density at radius 1 is 1.12 bits per heavy atom. The Balaban J connectivity index is 0.00000363. The number of benzene rings is 1. The van der Waals surface area contributed by atoms with Crippen molar-refractivity contribution < 1.29 is 14.0 Å². The lowest BCUT2D eigenvalue weighted by Crippen LogP contribution is -2.39. The van der Waals surface area contributed by atoms with E-state index in [-0.39, 0.29) is 30.5 Å². The van der Waals surface area contributed by atoms with Crippen LogP contribution in [0.2, 0.25) is 0 Å². The second-order valence-electron chi connectivity index (χ2n) is 7.62. The topological polar surface area (TPSA) is 109 Å². The van der Waals surface area contributed by atoms with E-state index in [0.29, 0.717) is 30.0 Å². The van der Waals surface area contributed by atoms with Crippen LogP contribution in [0.5, 0.6) is 0 Å². The Morgan fingerprint density at radius 2 is 1.88 bits per heavy atom. The van der Waals surface area contributed by atoms with Crippen molar-refractivity contribution in [1.29, 1.82) is 0 Å². The first-order valence-electron chi connectivity index (χ1n) is 10.6. The number of aliphatic hydroxyl groups is 1. The number of halogens is 1. The zero-order valence-electron chi connectivity index (χ0n) is 19.0. The molecule has 0 saturated carbocycles. The van der Waals surface area contributed by atoms with E-state index in [9.17, 15) is 5.11 Å². The molecule has 1 aromatic carbocycles. The molecule has 0 amide bonds. The van der Waals surface area contributed by atoms with Crippen molar-refractivity contribution in [3.63, 3.8) is 0 Å². The normalized spacial score (nSPS) is 13.3. The average molecular weight is 553 g/mol. The highest BCUT2D eigenvalue weighted by Gasteiger charge is 2.26. The van der Waals surface area contributed by atoms with Crippen molar-refractivity contribution in [3.05, 3.63) is 59.3 Å². The fourth-order valence-electron chi connectivity index (χ4n) is 3.03. The first-order chi connectivity index (χ1) is 14.9. The van der Waals surface area contributed by atoms with Gasteiger partial charge in [-0.2, -0.15) is 4.98 Å². The summed E-state index contributed by atoms with van der Waals surface area (Å²) in [5, 5.41) is 21.1. The van der Waals surface area contributed by atoms with Crippen LogP contribution in [0.25, 0.3) is 11.5 Å². The third-order valence-electron chi connectivity index (χ3n) is 4.85. The summed E-state index contributed by atoms with van der Waals surface area (Å²) in [5.41, 5.74) is 0.924. The van der Waals surface area contributed by atoms with Crippen molar-refractivity contribution in [2.75, 3.05) is 19.6 Å². The highest BCUT2D eigenvalue weighted by Crippen LogP contribution is 2.23. The predicted octanol–water partition coefficient (Wildman–Crippen LogP) is 3.82. The number of nitrogens with one attached hydrogen (secondary N) is 2. The van der Waals surface area contributed by atoms with Gasteiger partial charge in [-0.15, -0.1) is 24.0 Å². The largest absolute Gasteiger partial charge is 0.463 e. The predicted molar refractivity (Wildman–Crippen MR) is 135 cm³/mol. The molecule has 0 saturated heterocycles. The Kier molecular flexibility index (Phi) is 9.70. The maximum Gasteiger partial charge on any atom is 0.257 e. The molecule has 0 aliphatic rings. The van der Waals surface area contributed by atoms with Crippen molar-refractivity contribution in [3.8, 4) is 11.5 Å². The summed E-state index contributed by atoms with van der Waals surface area (Å²) in [6.45, 7) is 9.17. The smallest absolute Gasteiger partial charge is 0.257 e. The number of furan rings is 1. The van der Waals surface area contributed by atoms with Crippen molar-refractivity contribution in [1.82, 2.24) is 20.8 Å². The molecule has 0 radical (unpaired) electrons. The number of guanidine groups is 1. The van der Waals surface area contributed by atoms with Crippen LogP contribution in [0.15, 0.2) is 50.3 Å². The van der Waals surface area contributed by atoms with Gasteiger partial charge in [-0.25, -0.2) is 4.99 Å². The first-order valence-corrected chi connectivity index (χ1v) is 10.6. The van der Waals surface area contributed by atoms with Crippen LogP contribution in [-0.4, -0.2) is 40.8 Å². The summed E-state index contributed by atoms with van der Waals surface area (Å²) in [7, 11) is 0. The van der Waals surface area contributed by atoms with Gasteiger partial charge in [0.2, 0.25) is 0 Å². The Morgan fingerprint density at radius 3 is 2.47 bits per heavy atom. The number of aryl methyl sites for hydroxylation is 2. The van der Waals surface area contributed by atoms with Gasteiger partial charge in [0.25, 0.3) is 5.89 Å². The van der Waals surface area contributed by atoms with Gasteiger partial charge in [0.1, 0.15) is 17.1 Å². The SMILES string of the molecule is CCNC(=NCC(C)(O)c1ccc(C)o1)NCCc1ccc(-c2nc(CC)no2)cc1.I. The molecule has 9 heteroatoms. The zero-order chi connectivity index (χ0) is 22.3. The lowest BCUT2D eigenvalue weighted by molar-refractivity contribution is 0.0428. The number of hydrogen-bond donors (Lipinski definition) is 3. The van der Waals surface area contributed by atoms with E-state index in [2.05, 4.69) is 37.9 Å². The van der Waals surface area contributed by atoms with Gasteiger partial charge >= 0.3 is 0 Å². The van der Waals surface area contributed by atoms with Crippen LogP contribution in [0.4, 0.5) is 0 Å². The molecule has 8 nitrogen and oxygen atoms in total. The second-order valence-corrected chi connectivity index (χ2v) is 7.62. The lowest BCUT2D eigenvalue weighted by atomic mass is 10.0. The van der Waals surface area contributed by atoms with Crippen molar-refractivity contribution in [2.45, 2.75) is 46.1 Å². The van der Waals surface area contributed by atoms with E-state index < -0.39 is 5.60 Å². The lowest BCUT2D eigenvalue weighted by Gasteiger charge is -2.19. The van der Waals surface area contributed by atoms with Gasteiger partial charge < -0.3 is 24.7 Å². The molecule has 3 rings (SSSR count). The van der Waals surface area contributed by atoms with Crippen LogP contribution in [0, 0.1) is 6.92 Å². The van der Waals surface area contributed by atoms with Crippen LogP contribution in [-0.2, 0) is 18.4 Å². The molecule has 0 spiro atoms. The molecule has 0 aliphatic carbocycles. The number of aliphatic imine (C=N–C) groups is 1. The first kappa shape index (κ1) is 25.9. The van der Waals surface area contributed by atoms with E-state index >= 15 is 0 Å². The van der Waals surface area contributed by atoms with Gasteiger partial charge in [-0.3, -0.25) is 0 Å². The Bertz CT molecular complexity index is 995. The molecule has 2 aromatic heterocycles. The molecule has 32 heavy (non-hydrogen) atoms. The van der Waals surface area contributed by atoms with Crippen molar-refractivity contribution >= 4 is 29.9 Å². The molecule has 174 valence electrons. The summed E-state index contributed by atoms with van der Waals surface area (Å²) >= 11 is 0. The standard InChI is InChI=1S/C23H31N5O3.HI/c1-5-20-27-21(31-28-20)18-10-8-17(9-11-18)13-14-25-22(24-6-2)26-15-23(4,29)19-12-7-16(3)30-19;/h7-12,29H,5-6,13-15H2,1-4H3,(H2,24,25,26);1H. The molecule has 1 unspecified atom stereocenters. The van der Waals surface area contributed by atoms with Gasteiger partial charge in [0.05, 0.1) is 6.54 Å². The minimum atomic E-state index is -1.17. The van der Waals surface area contributed by atoms with E-state index in [0.717, 1.165) is 30.7 Å². The van der Waals surface area contributed by atoms with Crippen molar-refractivity contribution in [2.24, 2.45) is 4.99 Å². The fraction of sp³-hybridized carbons (Fsp3) is 0.435. The molecule has 0 fully saturated rings. The summed E-state index contributed by atoms with van der Waals surface area (Å²) in [6, 6.07) is 11.7. The Hall–Kier alpha value is -2.40. The second kappa shape index (κ2) is 12.0. The molecule has 2 heterocycles. The Labute approximate surface area is 205 Å². The minimum absolute atomic E-state index is 0. The number of aromatic nitrogens is 2. The monoisotopic (exact) mass is 553 g/mol. The van der Waals surface area contributed by atoms with E-state index in [1.165, 1.54) is 5.56 Å². The zero-order valence-corrected chi connectivity index (χ0v) is 21.3. The summed E-state index contributed by atoms with van der Waals surface area (Å²) < 4.78 is 10.8. The molecule has 1 atom stereocenters. The molecule has 3 N–H and O–H groups in total. The van der Waals surface area contributed by atoms with Crippen LogP contribution in [0.3, 0.4) is 0 Å². The quantitative estimate of drug-likeness (QED) is 0.210. The highest BCUT2D eigenvalue weighted by molar-refractivity contribution is 14.0. The molecular formula is C23H32IN5O3. The summed E-state index contributed by atoms with van der Waals surface area (Å²) in [5.74, 6) is 3.18. The molecule has 0 bridgehead atoms. The van der Waals surface area contributed by atoms with Gasteiger partial charge in [-0.05, 0) is 57.0 Å². The van der Waals surface area contributed by atoms with Crippen LogP contribution in [0.1, 0.15) is 43.7 Å². The fourth-order valence-corrected chi connectivity index (χ4v) is 3.03. The van der Waals surface area contributed by atoms with E-state index in [4.69, 9.17) is 8.94 Å². The summed E-state index contributed by atoms with van der Waals surface area (Å²) in [6.07, 6.45) is 1.57. The maximum atomic E-state index is 10.7. The molecule has 0 aliphatic heterocycles. The maximum absolute atomic E-state index is 10.7. The molecule has 3 aromatic rings. The third kappa shape index (κ3) is 7.06.